The molecule has 0 aliphatic carbocycles. The molecule has 0 saturated carbocycles. The molecule has 0 radical (unpaired) electrons. The third-order valence-corrected chi connectivity index (χ3v) is 3.08. The number of benzene rings is 1. The Bertz CT molecular complexity index is 714. The minimum Gasteiger partial charge on any atom is -0.348 e. The van der Waals surface area contributed by atoms with Crippen LogP contribution in [0.3, 0.4) is 0 Å². The fourth-order valence-electron chi connectivity index (χ4n) is 1.87. The maximum Gasteiger partial charge on any atom is 0.313 e. The Balaban J connectivity index is 1.76. The molecule has 1 heterocycles. The number of anilines is 1. The maximum absolute atomic E-state index is 13.1. The molecule has 7 nitrogen and oxygen atoms in total. The molecule has 0 spiro atoms. The van der Waals surface area contributed by atoms with Crippen LogP contribution in [0.1, 0.15) is 23.7 Å². The lowest BCUT2D eigenvalue weighted by Gasteiger charge is -2.08. The zero-order valence-electron chi connectivity index (χ0n) is 12.9. The molecule has 1 aromatic carbocycles. The minimum atomic E-state index is -0.840. The topological polar surface area (TPSA) is 97.1 Å². The summed E-state index contributed by atoms with van der Waals surface area (Å²) in [6.45, 7) is 3.71. The highest BCUT2D eigenvalue weighted by Gasteiger charge is 2.14. The minimum absolute atomic E-state index is 0.270. The van der Waals surface area contributed by atoms with Crippen molar-refractivity contribution in [2.45, 2.75) is 26.7 Å². The quantitative estimate of drug-likeness (QED) is 0.643. The van der Waals surface area contributed by atoms with Gasteiger partial charge in [0, 0.05) is 18.7 Å². The summed E-state index contributed by atoms with van der Waals surface area (Å²) in [5.74, 6) is -1.07. The van der Waals surface area contributed by atoms with Crippen LogP contribution in [0, 0.1) is 19.7 Å². The fraction of sp³-hybridized carbons (Fsp3) is 0.333. The standard InChI is InChI=1S/C15H17FN4O3/c1-9-5-6-11(16)8-12(9)19-15(22)14(21)17-7-3-4-13-18-10(2)20-23-13/h5-6,8H,3-4,7H2,1-2H3,(H,17,21)(H,19,22). The molecule has 0 saturated heterocycles. The van der Waals surface area contributed by atoms with E-state index in [1.807, 2.05) is 0 Å². The van der Waals surface area contributed by atoms with Crippen LogP contribution >= 0.6 is 0 Å². The summed E-state index contributed by atoms with van der Waals surface area (Å²) in [4.78, 5) is 27.5. The van der Waals surface area contributed by atoms with Crippen molar-refractivity contribution in [2.75, 3.05) is 11.9 Å². The van der Waals surface area contributed by atoms with Crippen LogP contribution in [-0.2, 0) is 16.0 Å². The van der Waals surface area contributed by atoms with Gasteiger partial charge in [0.05, 0.1) is 0 Å². The van der Waals surface area contributed by atoms with E-state index in [1.165, 1.54) is 18.2 Å². The summed E-state index contributed by atoms with van der Waals surface area (Å²) in [6.07, 6.45) is 1.06. The molecule has 8 heteroatoms. The smallest absolute Gasteiger partial charge is 0.313 e. The molecule has 0 aliphatic heterocycles. The average Bonchev–Trinajstić information content (AvgIpc) is 2.92. The second-order valence-corrected chi connectivity index (χ2v) is 5.01. The number of aryl methyl sites for hydroxylation is 3. The van der Waals surface area contributed by atoms with Gasteiger partial charge >= 0.3 is 11.8 Å². The van der Waals surface area contributed by atoms with Gasteiger partial charge < -0.3 is 15.2 Å². The molecular formula is C15H17FN4O3. The van der Waals surface area contributed by atoms with E-state index >= 15 is 0 Å². The highest BCUT2D eigenvalue weighted by molar-refractivity contribution is 6.39. The molecule has 2 amide bonds. The Morgan fingerprint density at radius 1 is 1.26 bits per heavy atom. The highest BCUT2D eigenvalue weighted by Crippen LogP contribution is 2.15. The SMILES string of the molecule is Cc1noc(CCCNC(=O)C(=O)Nc2cc(F)ccc2C)n1. The van der Waals surface area contributed by atoms with Gasteiger partial charge in [-0.05, 0) is 38.0 Å². The Labute approximate surface area is 132 Å². The molecule has 122 valence electrons. The first kappa shape index (κ1) is 16.6. The largest absolute Gasteiger partial charge is 0.348 e. The van der Waals surface area contributed by atoms with E-state index < -0.39 is 17.6 Å². The lowest BCUT2D eigenvalue weighted by atomic mass is 10.2. The van der Waals surface area contributed by atoms with Crippen molar-refractivity contribution < 1.29 is 18.5 Å². The van der Waals surface area contributed by atoms with E-state index in [4.69, 9.17) is 4.52 Å². The van der Waals surface area contributed by atoms with E-state index in [-0.39, 0.29) is 12.2 Å². The second kappa shape index (κ2) is 7.48. The van der Waals surface area contributed by atoms with E-state index in [0.29, 0.717) is 30.1 Å². The lowest BCUT2D eigenvalue weighted by molar-refractivity contribution is -0.136. The third-order valence-electron chi connectivity index (χ3n) is 3.08. The first-order valence-corrected chi connectivity index (χ1v) is 7.10. The molecular weight excluding hydrogens is 303 g/mol. The molecule has 0 atom stereocenters. The number of nitrogens with one attached hydrogen (secondary N) is 2. The number of amides is 2. The number of aromatic nitrogens is 2. The van der Waals surface area contributed by atoms with Crippen LogP contribution < -0.4 is 10.6 Å². The van der Waals surface area contributed by atoms with Crippen LogP contribution in [0.2, 0.25) is 0 Å². The molecule has 23 heavy (non-hydrogen) atoms. The highest BCUT2D eigenvalue weighted by atomic mass is 19.1. The second-order valence-electron chi connectivity index (χ2n) is 5.01. The summed E-state index contributed by atoms with van der Waals surface area (Å²) in [7, 11) is 0. The Kier molecular flexibility index (Phi) is 5.40. The predicted molar refractivity (Wildman–Crippen MR) is 80.1 cm³/mol. The van der Waals surface area contributed by atoms with Gasteiger partial charge in [0.2, 0.25) is 5.89 Å². The molecule has 1 aromatic heterocycles. The van der Waals surface area contributed by atoms with E-state index in [2.05, 4.69) is 20.8 Å². The van der Waals surface area contributed by atoms with E-state index in [0.717, 1.165) is 0 Å². The summed E-state index contributed by atoms with van der Waals surface area (Å²) in [5, 5.41) is 8.51. The van der Waals surface area contributed by atoms with Crippen molar-refractivity contribution in [1.29, 1.82) is 0 Å². The van der Waals surface area contributed by atoms with Gasteiger partial charge in [0.1, 0.15) is 5.82 Å². The van der Waals surface area contributed by atoms with Crippen molar-refractivity contribution in [3.05, 3.63) is 41.3 Å². The average molecular weight is 320 g/mol. The van der Waals surface area contributed by atoms with Gasteiger partial charge in [-0.2, -0.15) is 4.98 Å². The fourth-order valence-corrected chi connectivity index (χ4v) is 1.87. The number of nitrogens with zero attached hydrogens (tertiary/aromatic N) is 2. The van der Waals surface area contributed by atoms with Crippen molar-refractivity contribution in [1.82, 2.24) is 15.5 Å². The van der Waals surface area contributed by atoms with Gasteiger partial charge in [-0.3, -0.25) is 9.59 Å². The van der Waals surface area contributed by atoms with Gasteiger partial charge in [-0.15, -0.1) is 0 Å². The van der Waals surface area contributed by atoms with Gasteiger partial charge in [-0.1, -0.05) is 11.2 Å². The van der Waals surface area contributed by atoms with E-state index in [9.17, 15) is 14.0 Å². The summed E-state index contributed by atoms with van der Waals surface area (Å²) < 4.78 is 18.1. The van der Waals surface area contributed by atoms with Crippen molar-refractivity contribution in [2.24, 2.45) is 0 Å². The number of hydrogen-bond acceptors (Lipinski definition) is 5. The molecule has 0 bridgehead atoms. The number of carbonyl (C=O) groups is 2. The van der Waals surface area contributed by atoms with Crippen LogP contribution in [-0.4, -0.2) is 28.5 Å². The third kappa shape index (κ3) is 4.87. The molecule has 2 aromatic rings. The molecule has 0 unspecified atom stereocenters. The zero-order valence-corrected chi connectivity index (χ0v) is 12.9. The number of halogens is 1. The van der Waals surface area contributed by atoms with E-state index in [1.54, 1.807) is 13.8 Å². The summed E-state index contributed by atoms with van der Waals surface area (Å²) in [6, 6.07) is 3.97. The Morgan fingerprint density at radius 2 is 2.04 bits per heavy atom. The van der Waals surface area contributed by atoms with Gasteiger partial charge in [-0.25, -0.2) is 4.39 Å². The molecule has 0 aliphatic rings. The first-order valence-electron chi connectivity index (χ1n) is 7.10. The van der Waals surface area contributed by atoms with Crippen molar-refractivity contribution in [3.8, 4) is 0 Å². The first-order chi connectivity index (χ1) is 11.0. The number of hydrogen-bond donors (Lipinski definition) is 2. The Morgan fingerprint density at radius 3 is 2.74 bits per heavy atom. The van der Waals surface area contributed by atoms with Crippen LogP contribution in [0.25, 0.3) is 0 Å². The molecule has 0 fully saturated rings. The van der Waals surface area contributed by atoms with Gasteiger partial charge in [0.15, 0.2) is 5.82 Å². The predicted octanol–water partition coefficient (Wildman–Crippen LogP) is 1.51. The van der Waals surface area contributed by atoms with Crippen molar-refractivity contribution in [3.63, 3.8) is 0 Å². The number of rotatable bonds is 5. The van der Waals surface area contributed by atoms with Crippen molar-refractivity contribution >= 4 is 17.5 Å². The number of carbonyl (C=O) groups excluding carboxylic acids is 2. The zero-order chi connectivity index (χ0) is 16.8. The lowest BCUT2D eigenvalue weighted by Crippen LogP contribution is -2.36. The maximum atomic E-state index is 13.1. The normalized spacial score (nSPS) is 10.4. The van der Waals surface area contributed by atoms with Crippen LogP contribution in [0.5, 0.6) is 0 Å². The Hall–Kier alpha value is -2.77. The van der Waals surface area contributed by atoms with Crippen LogP contribution in [0.4, 0.5) is 10.1 Å². The summed E-state index contributed by atoms with van der Waals surface area (Å²) >= 11 is 0. The molecule has 2 N–H and O–H groups in total. The van der Waals surface area contributed by atoms with Gasteiger partial charge in [0.25, 0.3) is 0 Å². The van der Waals surface area contributed by atoms with Crippen LogP contribution in [0.15, 0.2) is 22.7 Å². The molecule has 2 rings (SSSR count). The summed E-state index contributed by atoms with van der Waals surface area (Å²) in [5.41, 5.74) is 0.936. The monoisotopic (exact) mass is 320 g/mol.